The number of anilines is 3. The molecule has 3 heteroatoms. The van der Waals surface area contributed by atoms with Gasteiger partial charge in [-0.1, -0.05) is 148 Å². The van der Waals surface area contributed by atoms with Gasteiger partial charge in [0.2, 0.25) is 0 Å². The van der Waals surface area contributed by atoms with Gasteiger partial charge in [-0.25, -0.2) is 0 Å². The molecular weight excluding hydrogens is 599 g/mol. The SMILES string of the molecule is C[Si]1(C)c2ccccc2-c2cc(N(c3ccc(-c4cccc5ccccc45)cc3)c3cccc4c3[Si](C)(C)c3ccccc3-4)ccc21. The van der Waals surface area contributed by atoms with Crippen LogP contribution in [0.5, 0.6) is 0 Å². The van der Waals surface area contributed by atoms with E-state index >= 15 is 0 Å². The number of fused-ring (bicyclic) bond motifs is 7. The summed E-state index contributed by atoms with van der Waals surface area (Å²) in [7, 11) is -3.74. The summed E-state index contributed by atoms with van der Waals surface area (Å²) in [5.41, 5.74) is 11.8. The normalized spacial score (nSPS) is 14.7. The molecule has 0 unspecified atom stereocenters. The minimum absolute atomic E-state index is 1.19. The zero-order chi connectivity index (χ0) is 31.9. The van der Waals surface area contributed by atoms with E-state index in [1.165, 1.54) is 76.8 Å². The highest BCUT2D eigenvalue weighted by atomic mass is 28.3. The van der Waals surface area contributed by atoms with Gasteiger partial charge in [-0.2, -0.15) is 0 Å². The number of benzene rings is 7. The van der Waals surface area contributed by atoms with Crippen LogP contribution in [0.15, 0.2) is 152 Å². The maximum Gasteiger partial charge on any atom is 0.116 e. The molecule has 47 heavy (non-hydrogen) atoms. The summed E-state index contributed by atoms with van der Waals surface area (Å²) in [5.74, 6) is 0. The van der Waals surface area contributed by atoms with Gasteiger partial charge in [0.1, 0.15) is 16.1 Å². The fourth-order valence-corrected chi connectivity index (χ4v) is 15.0. The van der Waals surface area contributed by atoms with Crippen LogP contribution >= 0.6 is 0 Å². The highest BCUT2D eigenvalue weighted by Gasteiger charge is 2.41. The molecule has 0 radical (unpaired) electrons. The van der Waals surface area contributed by atoms with Gasteiger partial charge in [0.05, 0.1) is 0 Å². The van der Waals surface area contributed by atoms with E-state index in [4.69, 9.17) is 0 Å². The van der Waals surface area contributed by atoms with Gasteiger partial charge >= 0.3 is 0 Å². The first-order valence-electron chi connectivity index (χ1n) is 16.7. The predicted molar refractivity (Wildman–Crippen MR) is 208 cm³/mol. The topological polar surface area (TPSA) is 3.24 Å². The summed E-state index contributed by atoms with van der Waals surface area (Å²) >= 11 is 0. The standard InChI is InChI=1S/C44H37NSi2/c1-46(2)41-21-9-8-17-37(41)39-29-33(27-28-43(39)46)45(40-20-12-19-38-36-16-7-10-22-42(36)47(3,4)44(38)40)32-25-23-31(24-26-32)35-18-11-14-30-13-5-6-15-34(30)35/h5-29H,1-4H3. The van der Waals surface area contributed by atoms with Crippen LogP contribution in [0.25, 0.3) is 44.2 Å². The molecule has 0 atom stereocenters. The summed E-state index contributed by atoms with van der Waals surface area (Å²) in [4.78, 5) is 2.54. The highest BCUT2D eigenvalue weighted by Crippen LogP contribution is 2.42. The smallest absolute Gasteiger partial charge is 0.116 e. The van der Waals surface area contributed by atoms with Gasteiger partial charge in [0, 0.05) is 17.1 Å². The maximum absolute atomic E-state index is 2.54. The van der Waals surface area contributed by atoms with Crippen molar-refractivity contribution in [3.8, 4) is 33.4 Å². The second-order valence-electron chi connectivity index (χ2n) is 14.2. The summed E-state index contributed by atoms with van der Waals surface area (Å²) in [6, 6.07) is 57.0. The monoisotopic (exact) mass is 635 g/mol. The maximum atomic E-state index is 2.54. The molecule has 2 heterocycles. The van der Waals surface area contributed by atoms with Gasteiger partial charge < -0.3 is 4.90 Å². The lowest BCUT2D eigenvalue weighted by Crippen LogP contribution is -2.50. The summed E-state index contributed by atoms with van der Waals surface area (Å²) in [6.45, 7) is 10.0. The van der Waals surface area contributed by atoms with E-state index < -0.39 is 16.1 Å². The molecule has 226 valence electrons. The molecule has 7 aromatic carbocycles. The molecule has 0 fully saturated rings. The van der Waals surface area contributed by atoms with E-state index in [-0.39, 0.29) is 0 Å². The average molecular weight is 636 g/mol. The summed E-state index contributed by atoms with van der Waals surface area (Å²) in [6.07, 6.45) is 0. The Morgan fingerprint density at radius 2 is 0.957 bits per heavy atom. The second kappa shape index (κ2) is 10.3. The van der Waals surface area contributed by atoms with Gasteiger partial charge in [-0.05, 0) is 95.2 Å². The molecule has 0 saturated heterocycles. The molecule has 0 spiro atoms. The Bertz CT molecular complexity index is 2360. The first-order valence-corrected chi connectivity index (χ1v) is 22.7. The first kappa shape index (κ1) is 28.3. The lowest BCUT2D eigenvalue weighted by Gasteiger charge is -2.32. The Labute approximate surface area is 279 Å². The molecule has 2 aliphatic heterocycles. The lowest BCUT2D eigenvalue weighted by molar-refractivity contribution is 1.29. The van der Waals surface area contributed by atoms with E-state index in [2.05, 4.69) is 183 Å². The molecule has 0 N–H and O–H groups in total. The molecule has 0 aliphatic carbocycles. The molecule has 0 bridgehead atoms. The molecule has 0 saturated carbocycles. The van der Waals surface area contributed by atoms with Crippen LogP contribution in [-0.4, -0.2) is 16.1 Å². The third-order valence-electron chi connectivity index (χ3n) is 10.9. The zero-order valence-corrected chi connectivity index (χ0v) is 29.4. The van der Waals surface area contributed by atoms with Crippen molar-refractivity contribution in [2.24, 2.45) is 0 Å². The van der Waals surface area contributed by atoms with E-state index in [0.29, 0.717) is 0 Å². The van der Waals surface area contributed by atoms with Crippen molar-refractivity contribution in [1.29, 1.82) is 0 Å². The van der Waals surface area contributed by atoms with Crippen LogP contribution < -0.4 is 25.6 Å². The van der Waals surface area contributed by atoms with E-state index in [0.717, 1.165) is 0 Å². The Morgan fingerprint density at radius 1 is 0.404 bits per heavy atom. The van der Waals surface area contributed by atoms with Crippen LogP contribution in [0.4, 0.5) is 17.1 Å². The minimum atomic E-state index is -1.98. The van der Waals surface area contributed by atoms with Crippen LogP contribution in [0.3, 0.4) is 0 Å². The molecule has 0 amide bonds. The molecule has 0 aromatic heterocycles. The zero-order valence-electron chi connectivity index (χ0n) is 27.4. The van der Waals surface area contributed by atoms with Crippen molar-refractivity contribution in [3.63, 3.8) is 0 Å². The Hall–Kier alpha value is -4.97. The van der Waals surface area contributed by atoms with Gasteiger partial charge in [-0.3, -0.25) is 0 Å². The van der Waals surface area contributed by atoms with Crippen molar-refractivity contribution in [2.45, 2.75) is 26.2 Å². The van der Waals surface area contributed by atoms with Gasteiger partial charge in [0.25, 0.3) is 0 Å². The number of rotatable bonds is 4. The first-order chi connectivity index (χ1) is 22.8. The van der Waals surface area contributed by atoms with Crippen LogP contribution in [0, 0.1) is 0 Å². The molecule has 9 rings (SSSR count). The highest BCUT2D eigenvalue weighted by molar-refractivity contribution is 7.05. The van der Waals surface area contributed by atoms with Crippen LogP contribution in [0.2, 0.25) is 26.2 Å². The van der Waals surface area contributed by atoms with Crippen molar-refractivity contribution in [3.05, 3.63) is 152 Å². The summed E-state index contributed by atoms with van der Waals surface area (Å²) in [5, 5.41) is 8.69. The van der Waals surface area contributed by atoms with Crippen molar-refractivity contribution in [2.75, 3.05) is 4.90 Å². The Balaban J connectivity index is 1.26. The molecule has 7 aromatic rings. The number of hydrogen-bond acceptors (Lipinski definition) is 1. The fraction of sp³-hybridized carbons (Fsp3) is 0.0909. The van der Waals surface area contributed by atoms with Gasteiger partial charge in [-0.15, -0.1) is 0 Å². The molecule has 2 aliphatic rings. The third-order valence-corrected chi connectivity index (χ3v) is 18.0. The second-order valence-corrected chi connectivity index (χ2v) is 22.8. The van der Waals surface area contributed by atoms with Crippen LogP contribution in [0.1, 0.15) is 0 Å². The van der Waals surface area contributed by atoms with Crippen LogP contribution in [-0.2, 0) is 0 Å². The molecular formula is C44H37NSi2. The van der Waals surface area contributed by atoms with Gasteiger partial charge in [0.15, 0.2) is 0 Å². The molecule has 1 nitrogen and oxygen atoms in total. The van der Waals surface area contributed by atoms with E-state index in [1.807, 2.05) is 0 Å². The Morgan fingerprint density at radius 3 is 1.74 bits per heavy atom. The lowest BCUT2D eigenvalue weighted by atomic mass is 9.98. The number of hydrogen-bond donors (Lipinski definition) is 0. The summed E-state index contributed by atoms with van der Waals surface area (Å²) < 4.78 is 0. The van der Waals surface area contributed by atoms with E-state index in [1.54, 1.807) is 5.19 Å². The van der Waals surface area contributed by atoms with Crippen molar-refractivity contribution >= 4 is 64.7 Å². The Kier molecular flexibility index (Phi) is 6.18. The fourth-order valence-electron chi connectivity index (χ4n) is 8.55. The minimum Gasteiger partial charge on any atom is -0.311 e. The number of nitrogens with zero attached hydrogens (tertiary/aromatic N) is 1. The van der Waals surface area contributed by atoms with Crippen molar-refractivity contribution in [1.82, 2.24) is 0 Å². The predicted octanol–water partition coefficient (Wildman–Crippen LogP) is 9.58. The van der Waals surface area contributed by atoms with E-state index in [9.17, 15) is 0 Å². The third kappa shape index (κ3) is 4.13. The largest absolute Gasteiger partial charge is 0.311 e. The average Bonchev–Trinajstić information content (AvgIpc) is 3.48. The quantitative estimate of drug-likeness (QED) is 0.174. The van der Waals surface area contributed by atoms with Crippen molar-refractivity contribution < 1.29 is 0 Å².